The van der Waals surface area contributed by atoms with Crippen molar-refractivity contribution >= 4 is 15.9 Å². The summed E-state index contributed by atoms with van der Waals surface area (Å²) in [6, 6.07) is 10.1. The maximum absolute atomic E-state index is 14.0. The fourth-order valence-electron chi connectivity index (χ4n) is 2.37. The van der Waals surface area contributed by atoms with Crippen molar-refractivity contribution in [2.75, 3.05) is 0 Å². The normalized spacial score (nSPS) is 14.0. The summed E-state index contributed by atoms with van der Waals surface area (Å²) in [5, 5.41) is 3.30. The lowest BCUT2D eigenvalue weighted by atomic mass is 10.0. The molecule has 1 nitrogen and oxygen atoms in total. The number of hydrogen-bond acceptors (Lipinski definition) is 1. The molecule has 2 atom stereocenters. The first-order valence-electron chi connectivity index (χ1n) is 6.86. The molecule has 0 fully saturated rings. The highest BCUT2D eigenvalue weighted by molar-refractivity contribution is 9.10. The van der Waals surface area contributed by atoms with Crippen molar-refractivity contribution in [3.8, 4) is 0 Å². The third-order valence-corrected chi connectivity index (χ3v) is 4.34. The van der Waals surface area contributed by atoms with Gasteiger partial charge in [0.1, 0.15) is 11.6 Å². The van der Waals surface area contributed by atoms with Gasteiger partial charge in [-0.05, 0) is 50.1 Å². The van der Waals surface area contributed by atoms with E-state index in [4.69, 9.17) is 0 Å². The molecule has 2 unspecified atom stereocenters. The second-order valence-corrected chi connectivity index (χ2v) is 6.11. The molecule has 112 valence electrons. The summed E-state index contributed by atoms with van der Waals surface area (Å²) < 4.78 is 28.6. The topological polar surface area (TPSA) is 12.0 Å². The zero-order chi connectivity index (χ0) is 15.6. The van der Waals surface area contributed by atoms with Crippen molar-refractivity contribution in [2.45, 2.75) is 32.9 Å². The lowest BCUT2D eigenvalue weighted by molar-refractivity contribution is 0.468. The highest BCUT2D eigenvalue weighted by Gasteiger charge is 2.17. The SMILES string of the molecule is Cc1cc(F)c(C(C)NC(C)c2ccccc2Br)cc1F. The van der Waals surface area contributed by atoms with Gasteiger partial charge in [0.25, 0.3) is 0 Å². The van der Waals surface area contributed by atoms with E-state index >= 15 is 0 Å². The summed E-state index contributed by atoms with van der Waals surface area (Å²) in [5.41, 5.74) is 1.75. The van der Waals surface area contributed by atoms with Gasteiger partial charge in [-0.3, -0.25) is 0 Å². The van der Waals surface area contributed by atoms with Crippen LogP contribution < -0.4 is 5.32 Å². The van der Waals surface area contributed by atoms with Crippen molar-refractivity contribution < 1.29 is 8.78 Å². The van der Waals surface area contributed by atoms with Gasteiger partial charge >= 0.3 is 0 Å². The number of benzene rings is 2. The van der Waals surface area contributed by atoms with Crippen molar-refractivity contribution in [3.63, 3.8) is 0 Å². The Labute approximate surface area is 132 Å². The Morgan fingerprint density at radius 2 is 1.57 bits per heavy atom. The first-order valence-corrected chi connectivity index (χ1v) is 7.65. The van der Waals surface area contributed by atoms with Crippen molar-refractivity contribution in [2.24, 2.45) is 0 Å². The molecule has 21 heavy (non-hydrogen) atoms. The molecule has 0 aliphatic rings. The molecular weight excluding hydrogens is 336 g/mol. The number of aryl methyl sites for hydroxylation is 1. The molecule has 0 bridgehead atoms. The van der Waals surface area contributed by atoms with Crippen LogP contribution >= 0.6 is 15.9 Å². The summed E-state index contributed by atoms with van der Waals surface area (Å²) in [6.45, 7) is 5.39. The summed E-state index contributed by atoms with van der Waals surface area (Å²) >= 11 is 3.50. The van der Waals surface area contributed by atoms with Crippen LogP contribution in [-0.4, -0.2) is 0 Å². The van der Waals surface area contributed by atoms with E-state index in [-0.39, 0.29) is 23.7 Å². The molecule has 0 spiro atoms. The molecule has 1 N–H and O–H groups in total. The predicted molar refractivity (Wildman–Crippen MR) is 85.2 cm³/mol. The lowest BCUT2D eigenvalue weighted by Gasteiger charge is -2.22. The van der Waals surface area contributed by atoms with Gasteiger partial charge in [0.15, 0.2) is 0 Å². The molecule has 0 radical (unpaired) electrons. The lowest BCUT2D eigenvalue weighted by Crippen LogP contribution is -2.23. The van der Waals surface area contributed by atoms with Gasteiger partial charge in [0.05, 0.1) is 0 Å². The molecule has 0 heterocycles. The largest absolute Gasteiger partial charge is 0.304 e. The van der Waals surface area contributed by atoms with Crippen LogP contribution in [0.5, 0.6) is 0 Å². The Bertz CT molecular complexity index is 643. The summed E-state index contributed by atoms with van der Waals surface area (Å²) in [7, 11) is 0. The van der Waals surface area contributed by atoms with Crippen LogP contribution in [0.25, 0.3) is 0 Å². The molecular formula is C17H18BrF2N. The zero-order valence-electron chi connectivity index (χ0n) is 12.3. The molecule has 0 saturated carbocycles. The second-order valence-electron chi connectivity index (χ2n) is 5.25. The standard InChI is InChI=1S/C17H18BrF2N/c1-10-8-17(20)14(9-16(10)19)12(3)21-11(2)13-6-4-5-7-15(13)18/h4-9,11-12,21H,1-3H3. The van der Waals surface area contributed by atoms with Crippen LogP contribution in [0.4, 0.5) is 8.78 Å². The van der Waals surface area contributed by atoms with E-state index in [1.165, 1.54) is 12.1 Å². The van der Waals surface area contributed by atoms with Crippen LogP contribution in [0.3, 0.4) is 0 Å². The van der Waals surface area contributed by atoms with E-state index in [1.807, 2.05) is 38.1 Å². The smallest absolute Gasteiger partial charge is 0.128 e. The number of hydrogen-bond donors (Lipinski definition) is 1. The van der Waals surface area contributed by atoms with Crippen LogP contribution in [0.1, 0.15) is 42.6 Å². The summed E-state index contributed by atoms with van der Waals surface area (Å²) in [6.07, 6.45) is 0. The number of nitrogens with one attached hydrogen (secondary N) is 1. The van der Waals surface area contributed by atoms with Gasteiger partial charge in [-0.1, -0.05) is 34.1 Å². The minimum absolute atomic E-state index is 0.0133. The van der Waals surface area contributed by atoms with E-state index < -0.39 is 0 Å². The summed E-state index contributed by atoms with van der Waals surface area (Å²) in [5.74, 6) is -0.762. The highest BCUT2D eigenvalue weighted by atomic mass is 79.9. The van der Waals surface area contributed by atoms with E-state index in [1.54, 1.807) is 6.92 Å². The Morgan fingerprint density at radius 3 is 2.24 bits per heavy atom. The van der Waals surface area contributed by atoms with E-state index in [0.717, 1.165) is 10.0 Å². The maximum Gasteiger partial charge on any atom is 0.128 e. The first-order chi connectivity index (χ1) is 9.90. The molecule has 2 aromatic carbocycles. The highest BCUT2D eigenvalue weighted by Crippen LogP contribution is 2.27. The molecule has 4 heteroatoms. The number of rotatable bonds is 4. The minimum Gasteiger partial charge on any atom is -0.304 e. The Kier molecular flexibility index (Phi) is 5.12. The fraction of sp³-hybridized carbons (Fsp3) is 0.294. The van der Waals surface area contributed by atoms with Crippen molar-refractivity contribution in [1.29, 1.82) is 0 Å². The fourth-order valence-corrected chi connectivity index (χ4v) is 3.00. The summed E-state index contributed by atoms with van der Waals surface area (Å²) in [4.78, 5) is 0. The second kappa shape index (κ2) is 6.67. The van der Waals surface area contributed by atoms with Gasteiger partial charge in [0, 0.05) is 22.1 Å². The molecule has 0 aliphatic heterocycles. The van der Waals surface area contributed by atoms with E-state index in [2.05, 4.69) is 21.2 Å². The molecule has 2 aromatic rings. The van der Waals surface area contributed by atoms with Crippen LogP contribution in [0.15, 0.2) is 40.9 Å². The maximum atomic E-state index is 14.0. The number of halogens is 3. The molecule has 0 saturated heterocycles. The molecule has 0 amide bonds. The van der Waals surface area contributed by atoms with Crippen molar-refractivity contribution in [1.82, 2.24) is 5.32 Å². The van der Waals surface area contributed by atoms with Crippen LogP contribution in [-0.2, 0) is 0 Å². The van der Waals surface area contributed by atoms with Gasteiger partial charge in [-0.15, -0.1) is 0 Å². The van der Waals surface area contributed by atoms with Crippen LogP contribution in [0, 0.1) is 18.6 Å². The van der Waals surface area contributed by atoms with Gasteiger partial charge < -0.3 is 5.32 Å². The average molecular weight is 354 g/mol. The Balaban J connectivity index is 2.20. The third kappa shape index (κ3) is 3.69. The van der Waals surface area contributed by atoms with Gasteiger partial charge in [-0.25, -0.2) is 8.78 Å². The quantitative estimate of drug-likeness (QED) is 0.770. The monoisotopic (exact) mass is 353 g/mol. The molecule has 0 aliphatic carbocycles. The first kappa shape index (κ1) is 16.1. The Morgan fingerprint density at radius 1 is 0.952 bits per heavy atom. The average Bonchev–Trinajstić information content (AvgIpc) is 2.43. The Hall–Kier alpha value is -1.26. The zero-order valence-corrected chi connectivity index (χ0v) is 13.8. The van der Waals surface area contributed by atoms with Crippen molar-refractivity contribution in [3.05, 3.63) is 69.2 Å². The third-order valence-electron chi connectivity index (χ3n) is 3.62. The van der Waals surface area contributed by atoms with E-state index in [9.17, 15) is 8.78 Å². The molecule has 0 aromatic heterocycles. The molecule has 2 rings (SSSR count). The van der Waals surface area contributed by atoms with Crippen LogP contribution in [0.2, 0.25) is 0 Å². The van der Waals surface area contributed by atoms with Gasteiger partial charge in [-0.2, -0.15) is 0 Å². The predicted octanol–water partition coefficient (Wildman–Crippen LogP) is 5.45. The van der Waals surface area contributed by atoms with E-state index in [0.29, 0.717) is 11.1 Å². The minimum atomic E-state index is -0.381. The van der Waals surface area contributed by atoms with Gasteiger partial charge in [0.2, 0.25) is 0 Å².